The molecule has 1 fully saturated rings. The molecule has 1 rings (SSSR count). The molecular formula is C9H18N2O2S2. The summed E-state index contributed by atoms with van der Waals surface area (Å²) >= 11 is 4.63. The maximum Gasteiger partial charge on any atom is 0.220 e. The van der Waals surface area contributed by atoms with E-state index in [0.29, 0.717) is 19.0 Å². The minimum Gasteiger partial charge on any atom is -0.392 e. The Morgan fingerprint density at radius 2 is 2.00 bits per heavy atom. The Labute approximate surface area is 96.9 Å². The molecule has 15 heavy (non-hydrogen) atoms. The van der Waals surface area contributed by atoms with Gasteiger partial charge in [-0.25, -0.2) is 12.7 Å². The molecule has 1 saturated heterocycles. The first-order valence-electron chi connectivity index (χ1n) is 5.22. The SMILES string of the molecule is CCC1CCN(S(=O)(=O)CC(N)=S)CC1. The summed E-state index contributed by atoms with van der Waals surface area (Å²) in [7, 11) is -3.25. The van der Waals surface area contributed by atoms with Gasteiger partial charge >= 0.3 is 0 Å². The Hall–Kier alpha value is -0.200. The molecule has 0 amide bonds. The van der Waals surface area contributed by atoms with Gasteiger partial charge in [-0.2, -0.15) is 0 Å². The van der Waals surface area contributed by atoms with Crippen LogP contribution in [-0.2, 0) is 10.0 Å². The summed E-state index contributed by atoms with van der Waals surface area (Å²) < 4.78 is 25.0. The number of piperidine rings is 1. The van der Waals surface area contributed by atoms with Gasteiger partial charge in [0, 0.05) is 13.1 Å². The fourth-order valence-electron chi connectivity index (χ4n) is 1.87. The summed E-state index contributed by atoms with van der Waals surface area (Å²) in [5, 5.41) is 0. The molecule has 0 radical (unpaired) electrons. The lowest BCUT2D eigenvalue weighted by Crippen LogP contribution is -2.41. The lowest BCUT2D eigenvalue weighted by molar-refractivity contribution is 0.270. The zero-order valence-corrected chi connectivity index (χ0v) is 10.6. The van der Waals surface area contributed by atoms with Gasteiger partial charge in [-0.15, -0.1) is 0 Å². The molecule has 0 unspecified atom stereocenters. The van der Waals surface area contributed by atoms with E-state index >= 15 is 0 Å². The summed E-state index contributed by atoms with van der Waals surface area (Å²) in [5.41, 5.74) is 5.26. The van der Waals surface area contributed by atoms with Gasteiger partial charge in [-0.05, 0) is 18.8 Å². The first kappa shape index (κ1) is 12.9. The van der Waals surface area contributed by atoms with E-state index in [4.69, 9.17) is 5.73 Å². The molecule has 0 aromatic rings. The van der Waals surface area contributed by atoms with Crippen molar-refractivity contribution >= 4 is 27.2 Å². The molecule has 1 aliphatic heterocycles. The number of rotatable bonds is 4. The van der Waals surface area contributed by atoms with Crippen molar-refractivity contribution in [1.29, 1.82) is 0 Å². The van der Waals surface area contributed by atoms with Crippen LogP contribution in [0.25, 0.3) is 0 Å². The molecule has 4 nitrogen and oxygen atoms in total. The van der Waals surface area contributed by atoms with Crippen LogP contribution in [-0.4, -0.2) is 36.6 Å². The highest BCUT2D eigenvalue weighted by Gasteiger charge is 2.27. The molecule has 0 atom stereocenters. The molecule has 0 saturated carbocycles. The fourth-order valence-corrected chi connectivity index (χ4v) is 3.62. The third-order valence-electron chi connectivity index (χ3n) is 2.87. The number of sulfonamides is 1. The van der Waals surface area contributed by atoms with E-state index in [1.54, 1.807) is 0 Å². The highest BCUT2D eigenvalue weighted by molar-refractivity contribution is 7.92. The van der Waals surface area contributed by atoms with Crippen molar-refractivity contribution in [3.63, 3.8) is 0 Å². The maximum atomic E-state index is 11.7. The van der Waals surface area contributed by atoms with Crippen molar-refractivity contribution in [1.82, 2.24) is 4.31 Å². The Morgan fingerprint density at radius 1 is 1.47 bits per heavy atom. The monoisotopic (exact) mass is 250 g/mol. The summed E-state index contributed by atoms with van der Waals surface area (Å²) in [5.74, 6) is 0.473. The van der Waals surface area contributed by atoms with Crippen molar-refractivity contribution in [3.05, 3.63) is 0 Å². The second-order valence-corrected chi connectivity index (χ2v) is 6.47. The molecule has 88 valence electrons. The number of hydrogen-bond acceptors (Lipinski definition) is 3. The van der Waals surface area contributed by atoms with Crippen molar-refractivity contribution in [2.45, 2.75) is 26.2 Å². The zero-order chi connectivity index (χ0) is 11.5. The van der Waals surface area contributed by atoms with Crippen LogP contribution in [0.2, 0.25) is 0 Å². The zero-order valence-electron chi connectivity index (χ0n) is 8.98. The molecular weight excluding hydrogens is 232 g/mol. The minimum atomic E-state index is -3.25. The van der Waals surface area contributed by atoms with Crippen molar-refractivity contribution in [2.24, 2.45) is 11.7 Å². The highest BCUT2D eigenvalue weighted by atomic mass is 32.2. The average molecular weight is 250 g/mol. The standard InChI is InChI=1S/C9H18N2O2S2/c1-2-8-3-5-11(6-4-8)15(12,13)7-9(10)14/h8H,2-7H2,1H3,(H2,10,14). The minimum absolute atomic E-state index is 0.0487. The number of thiocarbonyl (C=S) groups is 1. The van der Waals surface area contributed by atoms with E-state index in [-0.39, 0.29) is 10.7 Å². The number of nitrogens with two attached hydrogens (primary N) is 1. The van der Waals surface area contributed by atoms with Gasteiger partial charge in [0.25, 0.3) is 0 Å². The summed E-state index contributed by atoms with van der Waals surface area (Å²) in [6.45, 7) is 3.37. The van der Waals surface area contributed by atoms with Crippen molar-refractivity contribution in [2.75, 3.05) is 18.8 Å². The van der Waals surface area contributed by atoms with Gasteiger partial charge in [-0.3, -0.25) is 0 Å². The van der Waals surface area contributed by atoms with Crippen LogP contribution in [0.15, 0.2) is 0 Å². The van der Waals surface area contributed by atoms with Gasteiger partial charge < -0.3 is 5.73 Å². The predicted molar refractivity (Wildman–Crippen MR) is 65.2 cm³/mol. The van der Waals surface area contributed by atoms with Crippen molar-refractivity contribution < 1.29 is 8.42 Å². The molecule has 0 aromatic carbocycles. The molecule has 2 N–H and O–H groups in total. The summed E-state index contributed by atoms with van der Waals surface area (Å²) in [6, 6.07) is 0. The van der Waals surface area contributed by atoms with E-state index in [1.807, 2.05) is 0 Å². The highest BCUT2D eigenvalue weighted by Crippen LogP contribution is 2.21. The first-order valence-corrected chi connectivity index (χ1v) is 7.23. The molecule has 1 aliphatic rings. The van der Waals surface area contributed by atoms with E-state index in [1.165, 1.54) is 4.31 Å². The third kappa shape index (κ3) is 3.70. The number of hydrogen-bond donors (Lipinski definition) is 1. The van der Waals surface area contributed by atoms with Crippen LogP contribution in [0.1, 0.15) is 26.2 Å². The lowest BCUT2D eigenvalue weighted by atomic mass is 9.96. The van der Waals surface area contributed by atoms with E-state index in [0.717, 1.165) is 19.3 Å². The average Bonchev–Trinajstić information content (AvgIpc) is 2.16. The summed E-state index contributed by atoms with van der Waals surface area (Å²) in [6.07, 6.45) is 3.03. The largest absolute Gasteiger partial charge is 0.392 e. The second kappa shape index (κ2) is 5.23. The molecule has 0 aliphatic carbocycles. The van der Waals surface area contributed by atoms with Crippen LogP contribution in [0.4, 0.5) is 0 Å². The Kier molecular flexibility index (Phi) is 4.48. The van der Waals surface area contributed by atoms with Gasteiger partial charge in [-0.1, -0.05) is 25.6 Å². The Bertz CT molecular complexity index is 319. The van der Waals surface area contributed by atoms with E-state index in [2.05, 4.69) is 19.1 Å². The first-order chi connectivity index (χ1) is 6.95. The van der Waals surface area contributed by atoms with Crippen LogP contribution < -0.4 is 5.73 Å². The fraction of sp³-hybridized carbons (Fsp3) is 0.889. The quantitative estimate of drug-likeness (QED) is 0.747. The van der Waals surface area contributed by atoms with Crippen molar-refractivity contribution in [3.8, 4) is 0 Å². The van der Waals surface area contributed by atoms with Gasteiger partial charge in [0.1, 0.15) is 5.75 Å². The van der Waals surface area contributed by atoms with Crippen LogP contribution in [0.3, 0.4) is 0 Å². The molecule has 0 aromatic heterocycles. The Balaban J connectivity index is 2.56. The van der Waals surface area contributed by atoms with Gasteiger partial charge in [0.15, 0.2) is 0 Å². The van der Waals surface area contributed by atoms with Crippen LogP contribution in [0, 0.1) is 5.92 Å². The van der Waals surface area contributed by atoms with E-state index < -0.39 is 10.0 Å². The third-order valence-corrected chi connectivity index (χ3v) is 5.02. The van der Waals surface area contributed by atoms with Crippen LogP contribution in [0.5, 0.6) is 0 Å². The second-order valence-electron chi connectivity index (χ2n) is 3.97. The van der Waals surface area contributed by atoms with Crippen LogP contribution >= 0.6 is 12.2 Å². The smallest absolute Gasteiger partial charge is 0.220 e. The molecule has 0 spiro atoms. The number of nitrogens with zero attached hydrogens (tertiary/aromatic N) is 1. The van der Waals surface area contributed by atoms with E-state index in [9.17, 15) is 8.42 Å². The van der Waals surface area contributed by atoms with Gasteiger partial charge in [0.2, 0.25) is 10.0 Å². The molecule has 1 heterocycles. The summed E-state index contributed by atoms with van der Waals surface area (Å²) in [4.78, 5) is 0.0487. The lowest BCUT2D eigenvalue weighted by Gasteiger charge is -2.30. The maximum absolute atomic E-state index is 11.7. The van der Waals surface area contributed by atoms with Gasteiger partial charge in [0.05, 0.1) is 4.99 Å². The topological polar surface area (TPSA) is 63.4 Å². The molecule has 6 heteroatoms. The Morgan fingerprint density at radius 3 is 2.40 bits per heavy atom. The normalized spacial score (nSPS) is 20.3. The molecule has 0 bridgehead atoms. The predicted octanol–water partition coefficient (Wildman–Crippen LogP) is 0.724.